The second-order valence-corrected chi connectivity index (χ2v) is 9.48. The number of hydrogen-bond acceptors (Lipinski definition) is 6. The van der Waals surface area contributed by atoms with Crippen LogP contribution in [0.2, 0.25) is 0 Å². The Kier molecular flexibility index (Phi) is 4.98. The number of benzene rings is 1. The lowest BCUT2D eigenvalue weighted by molar-refractivity contribution is -0.123. The zero-order valence-corrected chi connectivity index (χ0v) is 15.5. The molecule has 0 unspecified atom stereocenters. The monoisotopic (exact) mass is 383 g/mol. The molecule has 2 aliphatic heterocycles. The Hall–Kier alpha value is -1.38. The third-order valence-electron chi connectivity index (χ3n) is 3.90. The number of carbonyl (C=O) groups excluding carboxylic acids is 1. The standard InChI is InChI=1S/C16H17NO4S3/c1-2-21-13-6-4-3-5-11(13)9-14-15(18)17(16(22)23-14)12-7-8-24(19,20)10-12/h3-6,9,12H,2,7-8,10H2,1H3/b14-9+/t12-/m1/s1. The summed E-state index contributed by atoms with van der Waals surface area (Å²) in [6.07, 6.45) is 2.20. The number of thiocarbonyl (C=S) groups is 1. The van der Waals surface area contributed by atoms with Gasteiger partial charge in [0, 0.05) is 5.56 Å². The second kappa shape index (κ2) is 6.85. The molecule has 1 atom stereocenters. The molecule has 5 nitrogen and oxygen atoms in total. The zero-order valence-electron chi connectivity index (χ0n) is 13.1. The van der Waals surface area contributed by atoms with E-state index in [4.69, 9.17) is 17.0 Å². The van der Waals surface area contributed by atoms with Gasteiger partial charge in [0.25, 0.3) is 5.91 Å². The van der Waals surface area contributed by atoms with Gasteiger partial charge in [-0.15, -0.1) is 0 Å². The fraction of sp³-hybridized carbons (Fsp3) is 0.375. The van der Waals surface area contributed by atoms with Crippen LogP contribution in [-0.4, -0.2) is 47.7 Å². The number of rotatable bonds is 4. The molecule has 0 saturated carbocycles. The molecule has 24 heavy (non-hydrogen) atoms. The smallest absolute Gasteiger partial charge is 0.266 e. The van der Waals surface area contributed by atoms with Gasteiger partial charge in [0.1, 0.15) is 10.1 Å². The molecule has 0 N–H and O–H groups in total. The summed E-state index contributed by atoms with van der Waals surface area (Å²) in [6.45, 7) is 2.43. The highest BCUT2D eigenvalue weighted by Crippen LogP contribution is 2.37. The number of thioether (sulfide) groups is 1. The van der Waals surface area contributed by atoms with Crippen molar-refractivity contribution in [1.82, 2.24) is 4.90 Å². The first-order valence-corrected chi connectivity index (χ1v) is 10.6. The highest BCUT2D eigenvalue weighted by Gasteiger charge is 2.42. The Labute approximate surface area is 151 Å². The molecule has 0 aromatic heterocycles. The quantitative estimate of drug-likeness (QED) is 0.588. The van der Waals surface area contributed by atoms with Crippen molar-refractivity contribution in [3.63, 3.8) is 0 Å². The van der Waals surface area contributed by atoms with Crippen molar-refractivity contribution in [2.45, 2.75) is 19.4 Å². The fourth-order valence-corrected chi connectivity index (χ4v) is 5.89. The van der Waals surface area contributed by atoms with Crippen LogP contribution in [0.1, 0.15) is 18.9 Å². The molecule has 1 aromatic rings. The van der Waals surface area contributed by atoms with E-state index in [1.165, 1.54) is 16.7 Å². The Morgan fingerprint density at radius 2 is 2.17 bits per heavy atom. The third kappa shape index (κ3) is 3.50. The van der Waals surface area contributed by atoms with Crippen LogP contribution in [0.5, 0.6) is 5.75 Å². The molecule has 0 spiro atoms. The first-order chi connectivity index (χ1) is 11.4. The minimum Gasteiger partial charge on any atom is -0.493 e. The molecule has 8 heteroatoms. The third-order valence-corrected chi connectivity index (χ3v) is 6.98. The SMILES string of the molecule is CCOc1ccccc1/C=C1/SC(=S)N([C@@H]2CCS(=O)(=O)C2)C1=O. The lowest BCUT2D eigenvalue weighted by Gasteiger charge is -2.20. The maximum atomic E-state index is 12.7. The van der Waals surface area contributed by atoms with E-state index >= 15 is 0 Å². The summed E-state index contributed by atoms with van der Waals surface area (Å²) in [7, 11) is -3.07. The number of para-hydroxylation sites is 1. The van der Waals surface area contributed by atoms with Crippen molar-refractivity contribution in [3.05, 3.63) is 34.7 Å². The molecule has 128 valence electrons. The predicted molar refractivity (Wildman–Crippen MR) is 99.7 cm³/mol. The van der Waals surface area contributed by atoms with E-state index < -0.39 is 9.84 Å². The van der Waals surface area contributed by atoms with E-state index in [0.717, 1.165) is 5.56 Å². The molecular weight excluding hydrogens is 366 g/mol. The Morgan fingerprint density at radius 1 is 1.42 bits per heavy atom. The van der Waals surface area contributed by atoms with Crippen molar-refractivity contribution in [2.24, 2.45) is 0 Å². The van der Waals surface area contributed by atoms with E-state index in [2.05, 4.69) is 0 Å². The predicted octanol–water partition coefficient (Wildman–Crippen LogP) is 2.47. The number of sulfone groups is 1. The average molecular weight is 384 g/mol. The number of carbonyl (C=O) groups is 1. The molecular formula is C16H17NO4S3. The number of amides is 1. The van der Waals surface area contributed by atoms with Crippen LogP contribution in [0.25, 0.3) is 6.08 Å². The van der Waals surface area contributed by atoms with Crippen LogP contribution in [0.15, 0.2) is 29.2 Å². The van der Waals surface area contributed by atoms with Crippen molar-refractivity contribution in [1.29, 1.82) is 0 Å². The lowest BCUT2D eigenvalue weighted by atomic mass is 10.1. The van der Waals surface area contributed by atoms with Crippen molar-refractivity contribution in [3.8, 4) is 5.75 Å². The topological polar surface area (TPSA) is 63.7 Å². The van der Waals surface area contributed by atoms with Crippen molar-refractivity contribution >= 4 is 50.1 Å². The van der Waals surface area contributed by atoms with Crippen LogP contribution in [0, 0.1) is 0 Å². The molecule has 2 aliphatic rings. The minimum atomic E-state index is -3.07. The Bertz CT molecular complexity index is 816. The van der Waals surface area contributed by atoms with E-state index in [9.17, 15) is 13.2 Å². The summed E-state index contributed by atoms with van der Waals surface area (Å²) in [5, 5.41) is 0. The van der Waals surface area contributed by atoms with E-state index in [1.807, 2.05) is 31.2 Å². The fourth-order valence-electron chi connectivity index (χ4n) is 2.80. The summed E-state index contributed by atoms with van der Waals surface area (Å²) < 4.78 is 29.4. The van der Waals surface area contributed by atoms with Gasteiger partial charge in [0.2, 0.25) is 0 Å². The molecule has 0 bridgehead atoms. The van der Waals surface area contributed by atoms with E-state index in [-0.39, 0.29) is 23.5 Å². The first-order valence-electron chi connectivity index (χ1n) is 7.60. The van der Waals surface area contributed by atoms with Gasteiger partial charge in [-0.05, 0) is 25.5 Å². The van der Waals surface area contributed by atoms with E-state index in [1.54, 1.807) is 6.08 Å². The molecule has 0 aliphatic carbocycles. The Balaban J connectivity index is 1.87. The van der Waals surface area contributed by atoms with Gasteiger partial charge in [-0.3, -0.25) is 9.69 Å². The van der Waals surface area contributed by atoms with Crippen LogP contribution < -0.4 is 4.74 Å². The van der Waals surface area contributed by atoms with Gasteiger partial charge in [0.05, 0.1) is 29.1 Å². The normalized spacial score (nSPS) is 24.8. The van der Waals surface area contributed by atoms with Crippen molar-refractivity contribution < 1.29 is 17.9 Å². The minimum absolute atomic E-state index is 0.0117. The number of nitrogens with zero attached hydrogens (tertiary/aromatic N) is 1. The maximum absolute atomic E-state index is 12.7. The van der Waals surface area contributed by atoms with Crippen LogP contribution in [-0.2, 0) is 14.6 Å². The summed E-state index contributed by atoms with van der Waals surface area (Å²) >= 11 is 6.52. The van der Waals surface area contributed by atoms with Gasteiger partial charge in [-0.25, -0.2) is 8.42 Å². The summed E-state index contributed by atoms with van der Waals surface area (Å²) in [5.41, 5.74) is 0.805. The maximum Gasteiger partial charge on any atom is 0.266 e. The molecule has 2 saturated heterocycles. The highest BCUT2D eigenvalue weighted by molar-refractivity contribution is 8.26. The van der Waals surface area contributed by atoms with Crippen molar-refractivity contribution in [2.75, 3.05) is 18.1 Å². The van der Waals surface area contributed by atoms with Crippen LogP contribution >= 0.6 is 24.0 Å². The lowest BCUT2D eigenvalue weighted by Crippen LogP contribution is -2.39. The molecule has 3 rings (SSSR count). The van der Waals surface area contributed by atoms with Gasteiger partial charge < -0.3 is 4.74 Å². The van der Waals surface area contributed by atoms with Gasteiger partial charge in [-0.2, -0.15) is 0 Å². The number of ether oxygens (including phenoxy) is 1. The molecule has 2 fully saturated rings. The molecule has 2 heterocycles. The summed E-state index contributed by atoms with van der Waals surface area (Å²) in [6, 6.07) is 7.11. The largest absolute Gasteiger partial charge is 0.493 e. The van der Waals surface area contributed by atoms with Gasteiger partial charge in [-0.1, -0.05) is 42.2 Å². The zero-order chi connectivity index (χ0) is 17.3. The first kappa shape index (κ1) is 17.4. The molecule has 1 aromatic carbocycles. The Morgan fingerprint density at radius 3 is 2.83 bits per heavy atom. The average Bonchev–Trinajstić information content (AvgIpc) is 3.01. The molecule has 1 amide bonds. The second-order valence-electron chi connectivity index (χ2n) is 5.58. The summed E-state index contributed by atoms with van der Waals surface area (Å²) in [5.74, 6) is 0.579. The van der Waals surface area contributed by atoms with Gasteiger partial charge in [0.15, 0.2) is 9.84 Å². The molecule has 0 radical (unpaired) electrons. The summed E-state index contributed by atoms with van der Waals surface area (Å²) in [4.78, 5) is 14.7. The highest BCUT2D eigenvalue weighted by atomic mass is 32.2. The van der Waals surface area contributed by atoms with Crippen LogP contribution in [0.3, 0.4) is 0 Å². The van der Waals surface area contributed by atoms with Crippen LogP contribution in [0.4, 0.5) is 0 Å². The number of hydrogen-bond donors (Lipinski definition) is 0. The van der Waals surface area contributed by atoms with Gasteiger partial charge >= 0.3 is 0 Å². The van der Waals surface area contributed by atoms with E-state index in [0.29, 0.717) is 28.0 Å².